The second kappa shape index (κ2) is 5.51. The number of anilines is 1. The van der Waals surface area contributed by atoms with Crippen LogP contribution in [0, 0.1) is 6.92 Å². The summed E-state index contributed by atoms with van der Waals surface area (Å²) in [7, 11) is 0. The zero-order valence-corrected chi connectivity index (χ0v) is 12.3. The lowest BCUT2D eigenvalue weighted by Gasteiger charge is -2.08. The average Bonchev–Trinajstić information content (AvgIpc) is 3.02. The van der Waals surface area contributed by atoms with Gasteiger partial charge in [0, 0.05) is 11.4 Å². The van der Waals surface area contributed by atoms with Gasteiger partial charge in [0.25, 0.3) is 0 Å². The molecule has 0 fully saturated rings. The molecule has 0 bridgehead atoms. The van der Waals surface area contributed by atoms with Crippen LogP contribution in [0.1, 0.15) is 10.4 Å². The van der Waals surface area contributed by atoms with E-state index in [9.17, 15) is 0 Å². The third-order valence-corrected chi connectivity index (χ3v) is 4.36. The summed E-state index contributed by atoms with van der Waals surface area (Å²) in [4.78, 5) is 6.02. The van der Waals surface area contributed by atoms with E-state index >= 15 is 0 Å². The number of imidazole rings is 1. The highest BCUT2D eigenvalue weighted by atomic mass is 32.1. The third kappa shape index (κ3) is 2.34. The maximum atomic E-state index is 4.67. The summed E-state index contributed by atoms with van der Waals surface area (Å²) in [6, 6.07) is 10.3. The smallest absolute Gasteiger partial charge is 0.204 e. The molecule has 0 unspecified atom stereocenters. The standard InChI is InChI=1S/C16H17N3S/c1-3-9-19-14-7-5-4-6-13(14)18-16(19)17-11-15-12(2)8-10-20-15/h3-8,10H,1,9,11H2,2H3,(H,17,18). The summed E-state index contributed by atoms with van der Waals surface area (Å²) in [6.07, 6.45) is 1.90. The van der Waals surface area contributed by atoms with Crippen LogP contribution < -0.4 is 5.32 Å². The Morgan fingerprint density at radius 3 is 2.95 bits per heavy atom. The van der Waals surface area contributed by atoms with Crippen LogP contribution in [0.5, 0.6) is 0 Å². The molecule has 0 radical (unpaired) electrons. The van der Waals surface area contributed by atoms with Gasteiger partial charge in [-0.2, -0.15) is 0 Å². The van der Waals surface area contributed by atoms with Crippen LogP contribution in [-0.2, 0) is 13.1 Å². The Morgan fingerprint density at radius 2 is 2.20 bits per heavy atom. The second-order valence-electron chi connectivity index (χ2n) is 4.70. The van der Waals surface area contributed by atoms with Crippen LogP contribution in [0.15, 0.2) is 48.4 Å². The molecule has 1 aromatic carbocycles. The minimum absolute atomic E-state index is 0.756. The summed E-state index contributed by atoms with van der Waals surface area (Å²) < 4.78 is 2.16. The minimum atomic E-state index is 0.756. The predicted molar refractivity (Wildman–Crippen MR) is 86.3 cm³/mol. The number of nitrogens with zero attached hydrogens (tertiary/aromatic N) is 2. The van der Waals surface area contributed by atoms with Crippen molar-refractivity contribution in [2.24, 2.45) is 0 Å². The molecule has 0 aliphatic carbocycles. The van der Waals surface area contributed by atoms with Gasteiger partial charge >= 0.3 is 0 Å². The molecule has 2 heterocycles. The fourth-order valence-corrected chi connectivity index (χ4v) is 3.11. The van der Waals surface area contributed by atoms with E-state index in [1.54, 1.807) is 11.3 Å². The fraction of sp³-hybridized carbons (Fsp3) is 0.188. The molecule has 3 aromatic rings. The predicted octanol–water partition coefficient (Wildman–Crippen LogP) is 4.20. The topological polar surface area (TPSA) is 29.9 Å². The molecule has 0 atom stereocenters. The van der Waals surface area contributed by atoms with Crippen molar-refractivity contribution in [1.82, 2.24) is 9.55 Å². The normalized spacial score (nSPS) is 10.8. The van der Waals surface area contributed by atoms with E-state index < -0.39 is 0 Å². The molecule has 0 saturated heterocycles. The van der Waals surface area contributed by atoms with E-state index in [0.29, 0.717) is 0 Å². The van der Waals surface area contributed by atoms with Crippen molar-refractivity contribution in [3.05, 3.63) is 58.8 Å². The molecule has 3 nitrogen and oxygen atoms in total. The maximum Gasteiger partial charge on any atom is 0.204 e. The number of benzene rings is 1. The molecule has 0 saturated carbocycles. The molecule has 0 spiro atoms. The molecule has 102 valence electrons. The first kappa shape index (κ1) is 12.9. The number of hydrogen-bond donors (Lipinski definition) is 1. The Bertz CT molecular complexity index is 739. The second-order valence-corrected chi connectivity index (χ2v) is 5.70. The van der Waals surface area contributed by atoms with Gasteiger partial charge in [0.15, 0.2) is 0 Å². The summed E-state index contributed by atoms with van der Waals surface area (Å²) in [5.41, 5.74) is 3.48. The van der Waals surface area contributed by atoms with Crippen molar-refractivity contribution >= 4 is 28.3 Å². The van der Waals surface area contributed by atoms with E-state index in [1.165, 1.54) is 10.4 Å². The van der Waals surface area contributed by atoms with E-state index in [0.717, 1.165) is 30.1 Å². The number of aryl methyl sites for hydroxylation is 1. The van der Waals surface area contributed by atoms with E-state index in [-0.39, 0.29) is 0 Å². The van der Waals surface area contributed by atoms with Crippen LogP contribution in [0.2, 0.25) is 0 Å². The number of allylic oxidation sites excluding steroid dienone is 1. The number of thiophene rings is 1. The van der Waals surface area contributed by atoms with Crippen LogP contribution in [-0.4, -0.2) is 9.55 Å². The number of para-hydroxylation sites is 2. The van der Waals surface area contributed by atoms with Gasteiger partial charge < -0.3 is 9.88 Å². The van der Waals surface area contributed by atoms with Gasteiger partial charge in [0.2, 0.25) is 5.95 Å². The lowest BCUT2D eigenvalue weighted by molar-refractivity contribution is 0.847. The van der Waals surface area contributed by atoms with Crippen molar-refractivity contribution in [3.8, 4) is 0 Å². The fourth-order valence-electron chi connectivity index (χ4n) is 2.27. The molecule has 0 aliphatic rings. The molecule has 20 heavy (non-hydrogen) atoms. The summed E-state index contributed by atoms with van der Waals surface area (Å²) in [5.74, 6) is 0.902. The first-order valence-corrected chi connectivity index (χ1v) is 7.50. The highest BCUT2D eigenvalue weighted by Gasteiger charge is 2.09. The molecular weight excluding hydrogens is 266 g/mol. The van der Waals surface area contributed by atoms with Gasteiger partial charge in [-0.25, -0.2) is 4.98 Å². The summed E-state index contributed by atoms with van der Waals surface area (Å²) in [5, 5.41) is 5.57. The van der Waals surface area contributed by atoms with Gasteiger partial charge in [0.05, 0.1) is 17.6 Å². The van der Waals surface area contributed by atoms with Gasteiger partial charge in [0.1, 0.15) is 0 Å². The lowest BCUT2D eigenvalue weighted by atomic mass is 10.3. The van der Waals surface area contributed by atoms with Crippen LogP contribution in [0.3, 0.4) is 0 Å². The summed E-state index contributed by atoms with van der Waals surface area (Å²) in [6.45, 7) is 7.54. The zero-order valence-electron chi connectivity index (χ0n) is 11.5. The summed E-state index contributed by atoms with van der Waals surface area (Å²) >= 11 is 1.78. The van der Waals surface area contributed by atoms with Gasteiger partial charge in [-0.05, 0) is 36.1 Å². The molecular formula is C16H17N3S. The van der Waals surface area contributed by atoms with Crippen molar-refractivity contribution in [2.75, 3.05) is 5.32 Å². The Kier molecular flexibility index (Phi) is 3.56. The quantitative estimate of drug-likeness (QED) is 0.711. The molecule has 1 N–H and O–H groups in total. The van der Waals surface area contributed by atoms with Gasteiger partial charge in [-0.1, -0.05) is 18.2 Å². The van der Waals surface area contributed by atoms with Crippen molar-refractivity contribution in [1.29, 1.82) is 0 Å². The van der Waals surface area contributed by atoms with Gasteiger partial charge in [-0.3, -0.25) is 0 Å². The molecule has 3 rings (SSSR count). The molecule has 0 aliphatic heterocycles. The maximum absolute atomic E-state index is 4.67. The highest BCUT2D eigenvalue weighted by molar-refractivity contribution is 7.10. The molecule has 4 heteroatoms. The number of aromatic nitrogens is 2. The van der Waals surface area contributed by atoms with Gasteiger partial charge in [-0.15, -0.1) is 17.9 Å². The molecule has 0 amide bonds. The Balaban J connectivity index is 1.92. The minimum Gasteiger partial charge on any atom is -0.351 e. The number of nitrogens with one attached hydrogen (secondary N) is 1. The van der Waals surface area contributed by atoms with E-state index in [2.05, 4.69) is 45.9 Å². The van der Waals surface area contributed by atoms with Crippen molar-refractivity contribution < 1.29 is 0 Å². The largest absolute Gasteiger partial charge is 0.351 e. The van der Waals surface area contributed by atoms with Crippen molar-refractivity contribution in [2.45, 2.75) is 20.0 Å². The van der Waals surface area contributed by atoms with Crippen molar-refractivity contribution in [3.63, 3.8) is 0 Å². The monoisotopic (exact) mass is 283 g/mol. The first-order chi connectivity index (χ1) is 9.79. The number of hydrogen-bond acceptors (Lipinski definition) is 3. The number of rotatable bonds is 5. The Labute approximate surface area is 122 Å². The van der Waals surface area contributed by atoms with E-state index in [4.69, 9.17) is 0 Å². The van der Waals surface area contributed by atoms with Crippen LogP contribution in [0.25, 0.3) is 11.0 Å². The average molecular weight is 283 g/mol. The SMILES string of the molecule is C=CCn1c(NCc2sccc2C)nc2ccccc21. The Morgan fingerprint density at radius 1 is 1.35 bits per heavy atom. The Hall–Kier alpha value is -2.07. The van der Waals surface area contributed by atoms with Crippen LogP contribution >= 0.6 is 11.3 Å². The molecule has 2 aromatic heterocycles. The van der Waals surface area contributed by atoms with Crippen LogP contribution in [0.4, 0.5) is 5.95 Å². The zero-order chi connectivity index (χ0) is 13.9. The highest BCUT2D eigenvalue weighted by Crippen LogP contribution is 2.22. The lowest BCUT2D eigenvalue weighted by Crippen LogP contribution is -2.06. The third-order valence-electron chi connectivity index (χ3n) is 3.34. The van der Waals surface area contributed by atoms with E-state index in [1.807, 2.05) is 24.3 Å². The number of fused-ring (bicyclic) bond motifs is 1. The first-order valence-electron chi connectivity index (χ1n) is 6.62.